The number of aromatic amines is 1. The Labute approximate surface area is 173 Å². The molecule has 1 fully saturated rings. The fraction of sp³-hybridized carbons (Fsp3) is 0.400. The molecule has 1 aliphatic rings. The van der Waals surface area contributed by atoms with Crippen LogP contribution in [0.4, 0.5) is 11.4 Å². The minimum absolute atomic E-state index is 0.0233. The van der Waals surface area contributed by atoms with Crippen molar-refractivity contribution in [2.75, 3.05) is 23.3 Å². The van der Waals surface area contributed by atoms with Crippen LogP contribution < -0.4 is 15.8 Å². The number of fused-ring (bicyclic) bond motifs is 1. The topological polar surface area (TPSA) is 48.1 Å². The van der Waals surface area contributed by atoms with Crippen molar-refractivity contribution in [2.45, 2.75) is 40.7 Å². The summed E-state index contributed by atoms with van der Waals surface area (Å²) in [6.45, 7) is 11.6. The van der Waals surface area contributed by atoms with Gasteiger partial charge in [0.15, 0.2) is 0 Å². The first kappa shape index (κ1) is 19.6. The predicted octanol–water partition coefficient (Wildman–Crippen LogP) is 5.24. The summed E-state index contributed by atoms with van der Waals surface area (Å²) >= 11 is 0. The van der Waals surface area contributed by atoms with Crippen molar-refractivity contribution in [3.63, 3.8) is 0 Å². The van der Waals surface area contributed by atoms with E-state index in [-0.39, 0.29) is 5.56 Å². The zero-order chi connectivity index (χ0) is 20.5. The van der Waals surface area contributed by atoms with E-state index in [1.54, 1.807) is 0 Å². The molecule has 0 amide bonds. The summed E-state index contributed by atoms with van der Waals surface area (Å²) < 4.78 is 0. The SMILES string of the molecule is Cc1cc(C)c2[nH]c(=O)c(CNc3ccc(N4C[C@H](C)C[C@@H](C)C4)cc3)cc2c1. The second-order valence-electron chi connectivity index (χ2n) is 8.92. The van der Waals surface area contributed by atoms with E-state index in [9.17, 15) is 4.79 Å². The molecule has 152 valence electrons. The van der Waals surface area contributed by atoms with Gasteiger partial charge in [0, 0.05) is 36.6 Å². The maximum absolute atomic E-state index is 12.5. The number of rotatable bonds is 4. The normalized spacial score (nSPS) is 19.5. The molecule has 1 saturated heterocycles. The van der Waals surface area contributed by atoms with Gasteiger partial charge in [-0.3, -0.25) is 4.79 Å². The first-order valence-electron chi connectivity index (χ1n) is 10.6. The zero-order valence-corrected chi connectivity index (χ0v) is 17.9. The number of piperidine rings is 1. The van der Waals surface area contributed by atoms with E-state index in [4.69, 9.17) is 0 Å². The van der Waals surface area contributed by atoms with Gasteiger partial charge in [0.1, 0.15) is 0 Å². The summed E-state index contributed by atoms with van der Waals surface area (Å²) in [6, 6.07) is 14.8. The molecule has 0 unspecified atom stereocenters. The number of aryl methyl sites for hydroxylation is 2. The first-order chi connectivity index (χ1) is 13.9. The molecule has 0 aliphatic carbocycles. The van der Waals surface area contributed by atoms with Crippen LogP contribution >= 0.6 is 0 Å². The van der Waals surface area contributed by atoms with Crippen LogP contribution in [-0.4, -0.2) is 18.1 Å². The Morgan fingerprint density at radius 3 is 2.41 bits per heavy atom. The van der Waals surface area contributed by atoms with Crippen molar-refractivity contribution >= 4 is 22.3 Å². The van der Waals surface area contributed by atoms with Gasteiger partial charge in [0.25, 0.3) is 5.56 Å². The molecule has 2 N–H and O–H groups in total. The fourth-order valence-corrected chi connectivity index (χ4v) is 4.72. The third kappa shape index (κ3) is 4.31. The lowest BCUT2D eigenvalue weighted by Crippen LogP contribution is -2.38. The molecule has 0 spiro atoms. The van der Waals surface area contributed by atoms with Crippen molar-refractivity contribution in [1.82, 2.24) is 4.98 Å². The average molecular weight is 390 g/mol. The molecular weight excluding hydrogens is 358 g/mol. The average Bonchev–Trinajstić information content (AvgIpc) is 2.67. The summed E-state index contributed by atoms with van der Waals surface area (Å²) in [7, 11) is 0. The third-order valence-corrected chi connectivity index (χ3v) is 5.95. The Hall–Kier alpha value is -2.75. The highest BCUT2D eigenvalue weighted by Crippen LogP contribution is 2.27. The van der Waals surface area contributed by atoms with Crippen LogP contribution in [0.2, 0.25) is 0 Å². The number of nitrogens with one attached hydrogen (secondary N) is 2. The highest BCUT2D eigenvalue weighted by atomic mass is 16.1. The van der Waals surface area contributed by atoms with Crippen molar-refractivity contribution in [1.29, 1.82) is 0 Å². The van der Waals surface area contributed by atoms with Gasteiger partial charge in [-0.2, -0.15) is 0 Å². The van der Waals surface area contributed by atoms with Gasteiger partial charge in [-0.15, -0.1) is 0 Å². The first-order valence-corrected chi connectivity index (χ1v) is 10.6. The van der Waals surface area contributed by atoms with Crippen LogP contribution in [0.15, 0.2) is 47.3 Å². The number of H-pyrrole nitrogens is 1. The molecule has 1 aromatic heterocycles. The van der Waals surface area contributed by atoms with Gasteiger partial charge in [0.05, 0.1) is 5.52 Å². The molecular formula is C25H31N3O. The molecule has 2 atom stereocenters. The highest BCUT2D eigenvalue weighted by molar-refractivity contribution is 5.82. The molecule has 4 heteroatoms. The number of anilines is 2. The second kappa shape index (κ2) is 7.94. The van der Waals surface area contributed by atoms with Crippen LogP contribution in [0.5, 0.6) is 0 Å². The van der Waals surface area contributed by atoms with Crippen molar-refractivity contribution < 1.29 is 0 Å². The lowest BCUT2D eigenvalue weighted by Gasteiger charge is -2.36. The minimum Gasteiger partial charge on any atom is -0.381 e. The standard InChI is InChI=1S/C25H31N3O/c1-16-10-19(4)24-20(11-16)12-21(25(29)27-24)13-26-22-5-7-23(8-6-22)28-14-17(2)9-18(3)15-28/h5-8,10-12,17-18,26H,9,13-15H2,1-4H3,(H,27,29)/t17-,18-/m1/s1. The van der Waals surface area contributed by atoms with E-state index in [0.29, 0.717) is 6.54 Å². The number of benzene rings is 2. The van der Waals surface area contributed by atoms with Crippen molar-refractivity contribution in [2.24, 2.45) is 11.8 Å². The summed E-state index contributed by atoms with van der Waals surface area (Å²) in [4.78, 5) is 18.0. The summed E-state index contributed by atoms with van der Waals surface area (Å²) in [5.74, 6) is 1.48. The number of nitrogens with zero attached hydrogens (tertiary/aromatic N) is 1. The van der Waals surface area contributed by atoms with Crippen LogP contribution in [-0.2, 0) is 6.54 Å². The quantitative estimate of drug-likeness (QED) is 0.641. The van der Waals surface area contributed by atoms with Crippen molar-refractivity contribution in [3.8, 4) is 0 Å². The molecule has 1 aliphatic heterocycles. The molecule has 2 aromatic carbocycles. The molecule has 4 rings (SSSR count). The smallest absolute Gasteiger partial charge is 0.253 e. The van der Waals surface area contributed by atoms with Gasteiger partial charge in [-0.1, -0.05) is 25.5 Å². The summed E-state index contributed by atoms with van der Waals surface area (Å²) in [5, 5.41) is 4.49. The lowest BCUT2D eigenvalue weighted by molar-refractivity contribution is 0.357. The Balaban J connectivity index is 1.48. The minimum atomic E-state index is -0.0233. The molecule has 29 heavy (non-hydrogen) atoms. The number of hydrogen-bond donors (Lipinski definition) is 2. The van der Waals surface area contributed by atoms with E-state index in [1.807, 2.05) is 13.0 Å². The Morgan fingerprint density at radius 1 is 1.03 bits per heavy atom. The highest BCUT2D eigenvalue weighted by Gasteiger charge is 2.21. The van der Waals surface area contributed by atoms with Crippen LogP contribution in [0.1, 0.15) is 37.0 Å². The van der Waals surface area contributed by atoms with E-state index in [1.165, 1.54) is 17.7 Å². The van der Waals surface area contributed by atoms with E-state index in [0.717, 1.165) is 52.6 Å². The van der Waals surface area contributed by atoms with Crippen LogP contribution in [0.3, 0.4) is 0 Å². The monoisotopic (exact) mass is 389 g/mol. The van der Waals surface area contributed by atoms with Gasteiger partial charge in [0.2, 0.25) is 0 Å². The largest absolute Gasteiger partial charge is 0.381 e. The van der Waals surface area contributed by atoms with Gasteiger partial charge in [-0.05, 0) is 79.5 Å². The fourth-order valence-electron chi connectivity index (χ4n) is 4.72. The number of aromatic nitrogens is 1. The Kier molecular flexibility index (Phi) is 5.35. The molecule has 0 radical (unpaired) electrons. The molecule has 0 bridgehead atoms. The number of hydrogen-bond acceptors (Lipinski definition) is 3. The maximum atomic E-state index is 12.5. The maximum Gasteiger partial charge on any atom is 0.253 e. The number of pyridine rings is 1. The molecule has 2 heterocycles. The molecule has 0 saturated carbocycles. The van der Waals surface area contributed by atoms with Crippen LogP contribution in [0, 0.1) is 25.7 Å². The Morgan fingerprint density at radius 2 is 1.72 bits per heavy atom. The van der Waals surface area contributed by atoms with Crippen LogP contribution in [0.25, 0.3) is 10.9 Å². The summed E-state index contributed by atoms with van der Waals surface area (Å²) in [6.07, 6.45) is 1.31. The van der Waals surface area contributed by atoms with Gasteiger partial charge >= 0.3 is 0 Å². The predicted molar refractivity (Wildman–Crippen MR) is 123 cm³/mol. The lowest BCUT2D eigenvalue weighted by atomic mass is 9.91. The van der Waals surface area contributed by atoms with Gasteiger partial charge < -0.3 is 15.2 Å². The molecule has 4 nitrogen and oxygen atoms in total. The van der Waals surface area contributed by atoms with E-state index >= 15 is 0 Å². The summed E-state index contributed by atoms with van der Waals surface area (Å²) in [5.41, 5.74) is 6.29. The second-order valence-corrected chi connectivity index (χ2v) is 8.92. The molecule has 3 aromatic rings. The zero-order valence-electron chi connectivity index (χ0n) is 17.9. The van der Waals surface area contributed by atoms with Crippen molar-refractivity contribution in [3.05, 3.63) is 69.5 Å². The van der Waals surface area contributed by atoms with E-state index < -0.39 is 0 Å². The van der Waals surface area contributed by atoms with E-state index in [2.05, 4.69) is 72.4 Å². The van der Waals surface area contributed by atoms with Gasteiger partial charge in [-0.25, -0.2) is 0 Å². The third-order valence-electron chi connectivity index (χ3n) is 5.95. The Bertz CT molecular complexity index is 1060.